The molecule has 0 bridgehead atoms. The van der Waals surface area contributed by atoms with E-state index in [0.29, 0.717) is 35.5 Å². The van der Waals surface area contributed by atoms with Crippen LogP contribution in [-0.2, 0) is 20.9 Å². The second kappa shape index (κ2) is 12.4. The lowest BCUT2D eigenvalue weighted by Crippen LogP contribution is -2.56. The number of nitrogens with zero attached hydrogens (tertiary/aromatic N) is 1. The van der Waals surface area contributed by atoms with Crippen molar-refractivity contribution in [3.05, 3.63) is 70.3 Å². The Hall–Kier alpha value is -3.73. The molecule has 1 aliphatic heterocycles. The smallest absolute Gasteiger partial charge is 0.249 e. The summed E-state index contributed by atoms with van der Waals surface area (Å²) in [4.78, 5) is 39.9. The molecular weight excluding hydrogens is 504 g/mol. The van der Waals surface area contributed by atoms with Gasteiger partial charge in [0.1, 0.15) is 25.1 Å². The number of hydrogen-bond acceptors (Lipinski definition) is 8. The monoisotopic (exact) mass is 538 g/mol. The number of amides is 2. The minimum atomic E-state index is -1.22. The van der Waals surface area contributed by atoms with E-state index in [4.69, 9.17) is 14.2 Å². The molecule has 3 N–H and O–H groups in total. The molecule has 0 fully saturated rings. The normalized spacial score (nSPS) is 21.2. The van der Waals surface area contributed by atoms with Gasteiger partial charge in [0.05, 0.1) is 25.7 Å². The van der Waals surface area contributed by atoms with E-state index in [1.807, 2.05) is 31.2 Å². The van der Waals surface area contributed by atoms with Crippen LogP contribution in [0.4, 0.5) is 0 Å². The number of aliphatic hydroxyl groups is 2. The van der Waals surface area contributed by atoms with Crippen LogP contribution in [0.1, 0.15) is 39.9 Å². The summed E-state index contributed by atoms with van der Waals surface area (Å²) in [5, 5.41) is 23.6. The largest absolute Gasteiger partial charge is 0.493 e. The zero-order valence-corrected chi connectivity index (χ0v) is 22.3. The number of rotatable bonds is 11. The van der Waals surface area contributed by atoms with Crippen LogP contribution in [0.2, 0.25) is 0 Å². The van der Waals surface area contributed by atoms with Crippen LogP contribution in [0, 0.1) is 6.92 Å². The van der Waals surface area contributed by atoms with Gasteiger partial charge in [0.15, 0.2) is 11.5 Å². The van der Waals surface area contributed by atoms with Crippen molar-refractivity contribution < 1.29 is 38.8 Å². The number of ether oxygens (including phenoxy) is 3. The number of carbonyl (C=O) groups excluding carboxylic acids is 3. The van der Waals surface area contributed by atoms with Gasteiger partial charge in [0, 0.05) is 36.4 Å². The van der Waals surface area contributed by atoms with Crippen molar-refractivity contribution in [1.29, 1.82) is 0 Å². The van der Waals surface area contributed by atoms with Gasteiger partial charge in [0.2, 0.25) is 11.8 Å². The third kappa shape index (κ3) is 5.83. The van der Waals surface area contributed by atoms with Gasteiger partial charge in [-0.25, -0.2) is 0 Å². The maximum Gasteiger partial charge on any atom is 0.249 e. The highest BCUT2D eigenvalue weighted by Crippen LogP contribution is 2.51. The number of aliphatic hydroxyl groups excluding tert-OH is 2. The Morgan fingerprint density at radius 1 is 1.21 bits per heavy atom. The summed E-state index contributed by atoms with van der Waals surface area (Å²) >= 11 is 0. The molecule has 2 aromatic rings. The lowest BCUT2D eigenvalue weighted by molar-refractivity contribution is -0.142. The van der Waals surface area contributed by atoms with Crippen LogP contribution in [-0.4, -0.2) is 84.9 Å². The van der Waals surface area contributed by atoms with Crippen molar-refractivity contribution in [3.63, 3.8) is 0 Å². The molecule has 1 aliphatic carbocycles. The summed E-state index contributed by atoms with van der Waals surface area (Å²) in [6.07, 6.45) is 0.0800. The van der Waals surface area contributed by atoms with Gasteiger partial charge in [-0.1, -0.05) is 29.8 Å². The lowest BCUT2D eigenvalue weighted by atomic mass is 9.77. The first kappa shape index (κ1) is 28.3. The molecule has 4 unspecified atom stereocenters. The fourth-order valence-corrected chi connectivity index (χ4v) is 5.08. The molecule has 4 rings (SSSR count). The molecule has 4 atom stereocenters. The Labute approximate surface area is 227 Å². The second-order valence-corrected chi connectivity index (χ2v) is 9.55. The van der Waals surface area contributed by atoms with Crippen LogP contribution in [0.3, 0.4) is 0 Å². The van der Waals surface area contributed by atoms with Crippen molar-refractivity contribution in [2.75, 3.05) is 33.5 Å². The number of nitrogens with one attached hydrogen (secondary N) is 1. The van der Waals surface area contributed by atoms with Crippen LogP contribution >= 0.6 is 0 Å². The number of benzene rings is 2. The third-order valence-electron chi connectivity index (χ3n) is 6.99. The van der Waals surface area contributed by atoms with E-state index in [0.717, 1.165) is 11.1 Å². The van der Waals surface area contributed by atoms with Crippen LogP contribution < -0.4 is 14.8 Å². The molecule has 2 aromatic carbocycles. The van der Waals surface area contributed by atoms with Crippen molar-refractivity contribution in [1.82, 2.24) is 10.2 Å². The summed E-state index contributed by atoms with van der Waals surface area (Å²) < 4.78 is 17.1. The summed E-state index contributed by atoms with van der Waals surface area (Å²) in [6.45, 7) is 3.81. The number of aryl methyl sites for hydroxylation is 1. The standard InChI is InChI=1S/C29H34N2O8/c1-4-38-16-24(34)31(14-18-7-5-17(2)6-8-18)22-13-21(29(36)30-9-10-32)25-20-11-19(15-33)12-23(37-3)27(20)39-28(25)26(22)35/h5-8,11-13,15,22,25-26,28,32,35H,4,9-10,14,16H2,1-3H3,(H,30,36). The Kier molecular flexibility index (Phi) is 9.01. The molecule has 0 spiro atoms. The molecule has 0 saturated heterocycles. The van der Waals surface area contributed by atoms with E-state index in [2.05, 4.69) is 5.32 Å². The summed E-state index contributed by atoms with van der Waals surface area (Å²) in [7, 11) is 1.44. The van der Waals surface area contributed by atoms with E-state index in [1.165, 1.54) is 18.1 Å². The molecule has 0 saturated carbocycles. The predicted octanol–water partition coefficient (Wildman–Crippen LogP) is 1.50. The highest BCUT2D eigenvalue weighted by Gasteiger charge is 2.51. The van der Waals surface area contributed by atoms with E-state index in [-0.39, 0.29) is 37.8 Å². The maximum absolute atomic E-state index is 13.4. The van der Waals surface area contributed by atoms with Crippen molar-refractivity contribution >= 4 is 18.1 Å². The maximum atomic E-state index is 13.4. The van der Waals surface area contributed by atoms with Gasteiger partial charge < -0.3 is 34.6 Å². The van der Waals surface area contributed by atoms with E-state index >= 15 is 0 Å². The number of fused-ring (bicyclic) bond motifs is 3. The molecule has 10 nitrogen and oxygen atoms in total. The lowest BCUT2D eigenvalue weighted by Gasteiger charge is -2.40. The van der Waals surface area contributed by atoms with Crippen molar-refractivity contribution in [3.8, 4) is 11.5 Å². The number of methoxy groups -OCH3 is 1. The number of hydrogen-bond donors (Lipinski definition) is 3. The minimum Gasteiger partial charge on any atom is -0.493 e. The highest BCUT2D eigenvalue weighted by molar-refractivity contribution is 5.96. The average Bonchev–Trinajstić information content (AvgIpc) is 3.34. The molecular formula is C29H34N2O8. The van der Waals surface area contributed by atoms with Gasteiger partial charge >= 0.3 is 0 Å². The Morgan fingerprint density at radius 3 is 2.59 bits per heavy atom. The highest BCUT2D eigenvalue weighted by atomic mass is 16.5. The predicted molar refractivity (Wildman–Crippen MR) is 142 cm³/mol. The summed E-state index contributed by atoms with van der Waals surface area (Å²) in [5.41, 5.74) is 3.01. The van der Waals surface area contributed by atoms with Crippen molar-refractivity contribution in [2.45, 2.75) is 44.6 Å². The number of aldehydes is 1. The summed E-state index contributed by atoms with van der Waals surface area (Å²) in [5.74, 6) is -0.948. The zero-order chi connectivity index (χ0) is 28.1. The molecule has 1 heterocycles. The molecule has 10 heteroatoms. The molecule has 0 aromatic heterocycles. The first-order valence-electron chi connectivity index (χ1n) is 12.9. The molecule has 208 valence electrons. The van der Waals surface area contributed by atoms with Gasteiger partial charge in [-0.2, -0.15) is 0 Å². The Morgan fingerprint density at radius 2 is 1.95 bits per heavy atom. The molecule has 2 amide bonds. The van der Waals surface area contributed by atoms with Crippen LogP contribution in [0.5, 0.6) is 11.5 Å². The van der Waals surface area contributed by atoms with Crippen LogP contribution in [0.15, 0.2) is 48.0 Å². The van der Waals surface area contributed by atoms with Gasteiger partial charge in [-0.3, -0.25) is 14.4 Å². The van der Waals surface area contributed by atoms with Gasteiger partial charge in [-0.15, -0.1) is 0 Å². The Bertz CT molecular complexity index is 1240. The van der Waals surface area contributed by atoms with E-state index < -0.39 is 30.1 Å². The van der Waals surface area contributed by atoms with Gasteiger partial charge in [0.25, 0.3) is 0 Å². The first-order chi connectivity index (χ1) is 18.8. The fourth-order valence-electron chi connectivity index (χ4n) is 5.08. The minimum absolute atomic E-state index is 0.0164. The number of carbonyl (C=O) groups is 3. The van der Waals surface area contributed by atoms with Crippen LogP contribution in [0.25, 0.3) is 0 Å². The SMILES string of the molecule is CCOCC(=O)N(Cc1ccc(C)cc1)C1C=C(C(=O)NCCO)C2c3cc(C=O)cc(OC)c3OC2C1O. The van der Waals surface area contributed by atoms with Gasteiger partial charge in [-0.05, 0) is 37.6 Å². The topological polar surface area (TPSA) is 135 Å². The molecule has 0 radical (unpaired) electrons. The quantitative estimate of drug-likeness (QED) is 0.367. The zero-order valence-electron chi connectivity index (χ0n) is 22.3. The van der Waals surface area contributed by atoms with E-state index in [1.54, 1.807) is 19.1 Å². The summed E-state index contributed by atoms with van der Waals surface area (Å²) in [6, 6.07) is 9.89. The average molecular weight is 539 g/mol. The fraction of sp³-hybridized carbons (Fsp3) is 0.414. The van der Waals surface area contributed by atoms with Crippen molar-refractivity contribution in [2.24, 2.45) is 0 Å². The first-order valence-corrected chi connectivity index (χ1v) is 12.9. The molecule has 2 aliphatic rings. The van der Waals surface area contributed by atoms with E-state index in [9.17, 15) is 24.6 Å². The molecule has 39 heavy (non-hydrogen) atoms. The Balaban J connectivity index is 1.80. The second-order valence-electron chi connectivity index (χ2n) is 9.55. The third-order valence-corrected chi connectivity index (χ3v) is 6.99.